The molecule has 18 heavy (non-hydrogen) atoms. The van der Waals surface area contributed by atoms with Crippen LogP contribution in [0.2, 0.25) is 0 Å². The standard InChI is InChI=1S/C15H19N3/c1-11-2-3-12-10-14(4-5-15(12)17-11)18-8-6-13(16)7-9-18/h2-5,10,13H,6-9,16H2,1H3. The van der Waals surface area contributed by atoms with Crippen LogP contribution in [-0.2, 0) is 0 Å². The monoisotopic (exact) mass is 241 g/mol. The lowest BCUT2D eigenvalue weighted by atomic mass is 10.0. The Morgan fingerprint density at radius 2 is 1.94 bits per heavy atom. The fourth-order valence-electron chi connectivity index (χ4n) is 2.57. The minimum atomic E-state index is 0.381. The predicted octanol–water partition coefficient (Wildman–Crippen LogP) is 2.47. The summed E-state index contributed by atoms with van der Waals surface area (Å²) in [7, 11) is 0. The number of nitrogens with two attached hydrogens (primary N) is 1. The summed E-state index contributed by atoms with van der Waals surface area (Å²) in [5.41, 5.74) is 9.38. The summed E-state index contributed by atoms with van der Waals surface area (Å²) in [6.45, 7) is 4.15. The molecule has 0 radical (unpaired) electrons. The average molecular weight is 241 g/mol. The van der Waals surface area contributed by atoms with Crippen LogP contribution in [0.25, 0.3) is 10.9 Å². The highest BCUT2D eigenvalue weighted by molar-refractivity contribution is 5.82. The number of hydrogen-bond acceptors (Lipinski definition) is 3. The van der Waals surface area contributed by atoms with Crippen molar-refractivity contribution in [3.8, 4) is 0 Å². The van der Waals surface area contributed by atoms with Crippen LogP contribution in [0, 0.1) is 6.92 Å². The summed E-state index contributed by atoms with van der Waals surface area (Å²) in [5.74, 6) is 0. The molecule has 0 bridgehead atoms. The second-order valence-electron chi connectivity index (χ2n) is 5.15. The van der Waals surface area contributed by atoms with E-state index in [-0.39, 0.29) is 0 Å². The van der Waals surface area contributed by atoms with Gasteiger partial charge in [-0.05, 0) is 44.0 Å². The topological polar surface area (TPSA) is 42.1 Å². The molecule has 2 N–H and O–H groups in total. The van der Waals surface area contributed by atoms with Gasteiger partial charge in [0.15, 0.2) is 0 Å². The number of rotatable bonds is 1. The van der Waals surface area contributed by atoms with Gasteiger partial charge in [0.2, 0.25) is 0 Å². The molecule has 2 aromatic rings. The van der Waals surface area contributed by atoms with Crippen molar-refractivity contribution in [1.82, 2.24) is 4.98 Å². The van der Waals surface area contributed by atoms with Gasteiger partial charge >= 0.3 is 0 Å². The van der Waals surface area contributed by atoms with E-state index in [4.69, 9.17) is 5.73 Å². The third-order valence-corrected chi connectivity index (χ3v) is 3.72. The Labute approximate surface area is 108 Å². The van der Waals surface area contributed by atoms with Crippen molar-refractivity contribution in [2.75, 3.05) is 18.0 Å². The molecule has 0 spiro atoms. The number of benzene rings is 1. The van der Waals surface area contributed by atoms with Gasteiger partial charge in [-0.25, -0.2) is 0 Å². The summed E-state index contributed by atoms with van der Waals surface area (Å²) in [6.07, 6.45) is 2.17. The van der Waals surface area contributed by atoms with E-state index in [2.05, 4.69) is 40.2 Å². The first-order chi connectivity index (χ1) is 8.72. The highest BCUT2D eigenvalue weighted by atomic mass is 15.1. The number of anilines is 1. The van der Waals surface area contributed by atoms with E-state index in [1.807, 2.05) is 6.92 Å². The molecule has 1 aliphatic heterocycles. The molecule has 0 atom stereocenters. The number of pyridine rings is 1. The van der Waals surface area contributed by atoms with Crippen molar-refractivity contribution in [2.45, 2.75) is 25.8 Å². The molecule has 1 aromatic heterocycles. The van der Waals surface area contributed by atoms with Crippen LogP contribution in [0.15, 0.2) is 30.3 Å². The van der Waals surface area contributed by atoms with E-state index in [0.29, 0.717) is 6.04 Å². The molecule has 1 aliphatic rings. The molecule has 0 aliphatic carbocycles. The molecule has 0 saturated carbocycles. The van der Waals surface area contributed by atoms with Crippen molar-refractivity contribution >= 4 is 16.6 Å². The maximum absolute atomic E-state index is 5.95. The van der Waals surface area contributed by atoms with E-state index in [1.165, 1.54) is 11.1 Å². The number of hydrogen-bond donors (Lipinski definition) is 1. The molecular weight excluding hydrogens is 222 g/mol. The van der Waals surface area contributed by atoms with Gasteiger partial charge in [0, 0.05) is 35.9 Å². The normalized spacial score (nSPS) is 17.3. The Morgan fingerprint density at radius 1 is 1.17 bits per heavy atom. The summed E-state index contributed by atoms with van der Waals surface area (Å²) >= 11 is 0. The Morgan fingerprint density at radius 3 is 2.72 bits per heavy atom. The minimum absolute atomic E-state index is 0.381. The summed E-state index contributed by atoms with van der Waals surface area (Å²) in [6, 6.07) is 11.1. The Kier molecular flexibility index (Phi) is 2.92. The lowest BCUT2D eigenvalue weighted by Crippen LogP contribution is -2.39. The van der Waals surface area contributed by atoms with Gasteiger partial charge in [-0.1, -0.05) is 6.07 Å². The van der Waals surface area contributed by atoms with E-state index in [0.717, 1.165) is 37.1 Å². The molecular formula is C15H19N3. The van der Waals surface area contributed by atoms with Gasteiger partial charge in [0.1, 0.15) is 0 Å². The van der Waals surface area contributed by atoms with Crippen LogP contribution in [0.3, 0.4) is 0 Å². The lowest BCUT2D eigenvalue weighted by molar-refractivity contribution is 0.501. The lowest BCUT2D eigenvalue weighted by Gasteiger charge is -2.32. The Bertz CT molecular complexity index is 557. The fraction of sp³-hybridized carbons (Fsp3) is 0.400. The summed E-state index contributed by atoms with van der Waals surface area (Å²) < 4.78 is 0. The predicted molar refractivity (Wildman–Crippen MR) is 75.9 cm³/mol. The molecule has 1 aromatic carbocycles. The number of aromatic nitrogens is 1. The zero-order valence-corrected chi connectivity index (χ0v) is 10.8. The molecule has 1 saturated heterocycles. The van der Waals surface area contributed by atoms with Crippen LogP contribution in [0.1, 0.15) is 18.5 Å². The number of fused-ring (bicyclic) bond motifs is 1. The maximum atomic E-state index is 5.95. The average Bonchev–Trinajstić information content (AvgIpc) is 2.39. The largest absolute Gasteiger partial charge is 0.371 e. The maximum Gasteiger partial charge on any atom is 0.0706 e. The first-order valence-corrected chi connectivity index (χ1v) is 6.60. The molecule has 3 nitrogen and oxygen atoms in total. The van der Waals surface area contributed by atoms with Crippen LogP contribution in [0.5, 0.6) is 0 Å². The molecule has 3 heteroatoms. The molecule has 3 rings (SSSR count). The molecule has 0 amide bonds. The smallest absolute Gasteiger partial charge is 0.0706 e. The summed E-state index contributed by atoms with van der Waals surface area (Å²) in [5, 5.41) is 1.22. The number of nitrogens with zero attached hydrogens (tertiary/aromatic N) is 2. The second-order valence-corrected chi connectivity index (χ2v) is 5.15. The zero-order valence-electron chi connectivity index (χ0n) is 10.8. The van der Waals surface area contributed by atoms with Gasteiger partial charge in [0.05, 0.1) is 5.52 Å². The SMILES string of the molecule is Cc1ccc2cc(N3CCC(N)CC3)ccc2n1. The fourth-order valence-corrected chi connectivity index (χ4v) is 2.57. The van der Waals surface area contributed by atoms with Crippen LogP contribution in [0.4, 0.5) is 5.69 Å². The first-order valence-electron chi connectivity index (χ1n) is 6.60. The van der Waals surface area contributed by atoms with Crippen molar-refractivity contribution in [3.05, 3.63) is 36.0 Å². The minimum Gasteiger partial charge on any atom is -0.371 e. The van der Waals surface area contributed by atoms with E-state index in [9.17, 15) is 0 Å². The van der Waals surface area contributed by atoms with Crippen molar-refractivity contribution in [3.63, 3.8) is 0 Å². The van der Waals surface area contributed by atoms with Crippen LogP contribution >= 0.6 is 0 Å². The van der Waals surface area contributed by atoms with Crippen LogP contribution in [-0.4, -0.2) is 24.1 Å². The van der Waals surface area contributed by atoms with E-state index in [1.54, 1.807) is 0 Å². The van der Waals surface area contributed by atoms with E-state index < -0.39 is 0 Å². The Balaban J connectivity index is 1.91. The second kappa shape index (κ2) is 4.58. The highest BCUT2D eigenvalue weighted by Gasteiger charge is 2.16. The highest BCUT2D eigenvalue weighted by Crippen LogP contribution is 2.23. The molecule has 2 heterocycles. The molecule has 0 unspecified atom stereocenters. The third kappa shape index (κ3) is 2.18. The van der Waals surface area contributed by atoms with Crippen molar-refractivity contribution in [1.29, 1.82) is 0 Å². The van der Waals surface area contributed by atoms with Gasteiger partial charge < -0.3 is 10.6 Å². The van der Waals surface area contributed by atoms with Crippen molar-refractivity contribution < 1.29 is 0 Å². The number of aryl methyl sites for hydroxylation is 1. The van der Waals surface area contributed by atoms with Crippen LogP contribution < -0.4 is 10.6 Å². The summed E-state index contributed by atoms with van der Waals surface area (Å²) in [4.78, 5) is 6.95. The number of piperidine rings is 1. The van der Waals surface area contributed by atoms with E-state index >= 15 is 0 Å². The van der Waals surface area contributed by atoms with Gasteiger partial charge in [-0.2, -0.15) is 0 Å². The van der Waals surface area contributed by atoms with Gasteiger partial charge in [0.25, 0.3) is 0 Å². The quantitative estimate of drug-likeness (QED) is 0.834. The van der Waals surface area contributed by atoms with Gasteiger partial charge in [-0.15, -0.1) is 0 Å². The molecule has 94 valence electrons. The molecule has 1 fully saturated rings. The zero-order chi connectivity index (χ0) is 12.5. The van der Waals surface area contributed by atoms with Gasteiger partial charge in [-0.3, -0.25) is 4.98 Å². The first kappa shape index (κ1) is 11.5. The van der Waals surface area contributed by atoms with Crippen molar-refractivity contribution in [2.24, 2.45) is 5.73 Å². The Hall–Kier alpha value is -1.61. The third-order valence-electron chi connectivity index (χ3n) is 3.72.